The Hall–Kier alpha value is -2.23. The van der Waals surface area contributed by atoms with Gasteiger partial charge in [-0.25, -0.2) is 4.99 Å². The van der Waals surface area contributed by atoms with Crippen molar-refractivity contribution in [1.29, 1.82) is 0 Å². The highest BCUT2D eigenvalue weighted by Crippen LogP contribution is 2.43. The van der Waals surface area contributed by atoms with E-state index in [1.165, 1.54) is 22.1 Å². The summed E-state index contributed by atoms with van der Waals surface area (Å²) in [6.07, 6.45) is 1.75. The zero-order valence-corrected chi connectivity index (χ0v) is 11.7. The van der Waals surface area contributed by atoms with E-state index < -0.39 is 0 Å². The van der Waals surface area contributed by atoms with Crippen LogP contribution in [0.5, 0.6) is 0 Å². The molecule has 0 radical (unpaired) electrons. The van der Waals surface area contributed by atoms with Crippen molar-refractivity contribution in [1.82, 2.24) is 0 Å². The summed E-state index contributed by atoms with van der Waals surface area (Å²) in [7, 11) is 8.29. The normalized spacial score (nSPS) is 12.4. The summed E-state index contributed by atoms with van der Waals surface area (Å²) in [4.78, 5) is 8.73. The van der Waals surface area contributed by atoms with E-state index in [-0.39, 0.29) is 0 Å². The molecule has 0 aromatic heterocycles. The number of nitrogens with zero attached hydrogens (tertiary/aromatic N) is 3. The van der Waals surface area contributed by atoms with E-state index in [2.05, 4.69) is 72.6 Å². The van der Waals surface area contributed by atoms with Gasteiger partial charge in [-0.15, -0.1) is 0 Å². The van der Waals surface area contributed by atoms with Gasteiger partial charge >= 0.3 is 0 Å². The van der Waals surface area contributed by atoms with Gasteiger partial charge in [0.05, 0.1) is 12.0 Å². The first kappa shape index (κ1) is 11.8. The first-order valence-corrected chi connectivity index (χ1v) is 6.33. The highest BCUT2D eigenvalue weighted by molar-refractivity contribution is 6.17. The Morgan fingerprint density at radius 1 is 0.842 bits per heavy atom. The molecule has 0 saturated carbocycles. The average molecular weight is 254 g/mol. The van der Waals surface area contributed by atoms with E-state index in [0.717, 1.165) is 11.4 Å². The SMILES string of the molecule is CN(C)c1ccc2c3c(ccc(N(C)C)c13)NC=N2. The third kappa shape index (κ3) is 1.71. The van der Waals surface area contributed by atoms with Gasteiger partial charge in [0.2, 0.25) is 0 Å². The second kappa shape index (κ2) is 4.16. The minimum Gasteiger partial charge on any atom is -0.377 e. The van der Waals surface area contributed by atoms with Crippen molar-refractivity contribution >= 4 is 39.9 Å². The highest BCUT2D eigenvalue weighted by Gasteiger charge is 2.17. The van der Waals surface area contributed by atoms with Crippen molar-refractivity contribution < 1.29 is 0 Å². The van der Waals surface area contributed by atoms with Crippen LogP contribution in [-0.2, 0) is 0 Å². The summed E-state index contributed by atoms with van der Waals surface area (Å²) >= 11 is 0. The lowest BCUT2D eigenvalue weighted by Crippen LogP contribution is -2.14. The molecule has 0 bridgehead atoms. The van der Waals surface area contributed by atoms with Gasteiger partial charge < -0.3 is 15.1 Å². The van der Waals surface area contributed by atoms with Crippen LogP contribution < -0.4 is 15.1 Å². The molecule has 2 aromatic carbocycles. The van der Waals surface area contributed by atoms with Gasteiger partial charge in [-0.2, -0.15) is 0 Å². The molecule has 1 N–H and O–H groups in total. The standard InChI is InChI=1S/C15H18N4/c1-18(2)12-7-5-10-14-11(17-9-16-10)6-8-13(15(12)14)19(3)4/h5-9H,1-4H3,(H,16,17). The summed E-state index contributed by atoms with van der Waals surface area (Å²) < 4.78 is 0. The molecule has 1 aliphatic heterocycles. The summed E-state index contributed by atoms with van der Waals surface area (Å²) in [6, 6.07) is 8.49. The third-order valence-corrected chi connectivity index (χ3v) is 3.48. The van der Waals surface area contributed by atoms with Crippen LogP contribution in [0.4, 0.5) is 22.7 Å². The third-order valence-electron chi connectivity index (χ3n) is 3.48. The number of nitrogens with one attached hydrogen (secondary N) is 1. The molecule has 98 valence electrons. The number of rotatable bonds is 2. The van der Waals surface area contributed by atoms with Crippen LogP contribution in [0, 0.1) is 0 Å². The maximum atomic E-state index is 4.44. The Bertz CT molecular complexity index is 657. The molecule has 2 aromatic rings. The molecule has 1 aliphatic rings. The van der Waals surface area contributed by atoms with E-state index >= 15 is 0 Å². The van der Waals surface area contributed by atoms with Gasteiger partial charge in [0, 0.05) is 56.0 Å². The molecule has 0 spiro atoms. The zero-order chi connectivity index (χ0) is 13.6. The first-order valence-electron chi connectivity index (χ1n) is 6.33. The molecule has 1 heterocycles. The van der Waals surface area contributed by atoms with Crippen LogP contribution in [-0.4, -0.2) is 34.5 Å². The molecule has 0 aliphatic carbocycles. The summed E-state index contributed by atoms with van der Waals surface area (Å²) in [6.45, 7) is 0. The van der Waals surface area contributed by atoms with Crippen LogP contribution in [0.25, 0.3) is 10.8 Å². The molecule has 0 atom stereocenters. The van der Waals surface area contributed by atoms with E-state index in [9.17, 15) is 0 Å². The Morgan fingerprint density at radius 3 is 2.11 bits per heavy atom. The lowest BCUT2D eigenvalue weighted by atomic mass is 10.0. The lowest BCUT2D eigenvalue weighted by Gasteiger charge is -2.25. The topological polar surface area (TPSA) is 30.9 Å². The highest BCUT2D eigenvalue weighted by atomic mass is 15.1. The molecule has 0 saturated heterocycles. The van der Waals surface area contributed by atoms with Gasteiger partial charge in [-0.3, -0.25) is 0 Å². The molecule has 3 rings (SSSR count). The monoisotopic (exact) mass is 254 g/mol. The minimum atomic E-state index is 1.03. The largest absolute Gasteiger partial charge is 0.377 e. The second-order valence-corrected chi connectivity index (χ2v) is 5.18. The van der Waals surface area contributed by atoms with Crippen LogP contribution in [0.15, 0.2) is 29.3 Å². The predicted molar refractivity (Wildman–Crippen MR) is 84.4 cm³/mol. The molecule has 0 fully saturated rings. The second-order valence-electron chi connectivity index (χ2n) is 5.18. The number of anilines is 3. The van der Waals surface area contributed by atoms with E-state index in [1.807, 2.05) is 0 Å². The molecular weight excluding hydrogens is 236 g/mol. The van der Waals surface area contributed by atoms with Gasteiger partial charge in [-0.1, -0.05) is 0 Å². The maximum Gasteiger partial charge on any atom is 0.0930 e. The van der Waals surface area contributed by atoms with Gasteiger partial charge in [-0.05, 0) is 24.3 Å². The van der Waals surface area contributed by atoms with Crippen LogP contribution in [0.2, 0.25) is 0 Å². The van der Waals surface area contributed by atoms with Gasteiger partial charge in [0.25, 0.3) is 0 Å². The van der Waals surface area contributed by atoms with Crippen molar-refractivity contribution in [3.8, 4) is 0 Å². The Balaban J connectivity index is 2.48. The van der Waals surface area contributed by atoms with E-state index in [1.54, 1.807) is 6.34 Å². The molecule has 0 unspecified atom stereocenters. The van der Waals surface area contributed by atoms with Crippen LogP contribution in [0.3, 0.4) is 0 Å². The fourth-order valence-corrected chi connectivity index (χ4v) is 2.59. The minimum absolute atomic E-state index is 1.03. The van der Waals surface area contributed by atoms with Crippen LogP contribution in [0.1, 0.15) is 0 Å². The number of hydrogen-bond donors (Lipinski definition) is 1. The number of aliphatic imine (C=N–C) groups is 1. The van der Waals surface area contributed by atoms with Gasteiger partial charge in [0.1, 0.15) is 0 Å². The molecular formula is C15H18N4. The first-order chi connectivity index (χ1) is 9.09. The molecule has 4 nitrogen and oxygen atoms in total. The van der Waals surface area contributed by atoms with Crippen molar-refractivity contribution in [3.05, 3.63) is 24.3 Å². The number of hydrogen-bond acceptors (Lipinski definition) is 4. The predicted octanol–water partition coefficient (Wildman–Crippen LogP) is 3.06. The molecule has 4 heteroatoms. The fourth-order valence-electron chi connectivity index (χ4n) is 2.59. The summed E-state index contributed by atoms with van der Waals surface area (Å²) in [5.74, 6) is 0. The number of benzene rings is 2. The van der Waals surface area contributed by atoms with Crippen molar-refractivity contribution in [3.63, 3.8) is 0 Å². The van der Waals surface area contributed by atoms with E-state index in [0.29, 0.717) is 0 Å². The lowest BCUT2D eigenvalue weighted by molar-refractivity contribution is 1.12. The van der Waals surface area contributed by atoms with Gasteiger partial charge in [0.15, 0.2) is 0 Å². The van der Waals surface area contributed by atoms with E-state index in [4.69, 9.17) is 0 Å². The summed E-state index contributed by atoms with van der Waals surface area (Å²) in [5.41, 5.74) is 4.57. The van der Waals surface area contributed by atoms with Crippen molar-refractivity contribution in [2.75, 3.05) is 43.3 Å². The smallest absolute Gasteiger partial charge is 0.0930 e. The average Bonchev–Trinajstić information content (AvgIpc) is 2.39. The van der Waals surface area contributed by atoms with Crippen molar-refractivity contribution in [2.45, 2.75) is 0 Å². The molecule has 19 heavy (non-hydrogen) atoms. The van der Waals surface area contributed by atoms with Crippen LogP contribution >= 0.6 is 0 Å². The Morgan fingerprint density at radius 2 is 1.47 bits per heavy atom. The maximum absolute atomic E-state index is 4.44. The Labute approximate surface area is 113 Å². The fraction of sp³-hybridized carbons (Fsp3) is 0.267. The summed E-state index contributed by atoms with van der Waals surface area (Å²) in [5, 5.41) is 5.67. The quantitative estimate of drug-likeness (QED) is 0.893. The Kier molecular flexibility index (Phi) is 2.59. The zero-order valence-electron chi connectivity index (χ0n) is 11.7. The molecule has 0 amide bonds. The van der Waals surface area contributed by atoms with Crippen molar-refractivity contribution in [2.24, 2.45) is 4.99 Å².